The number of nitrogens with one attached hydrogen (secondary N) is 3. The van der Waals surface area contributed by atoms with Crippen LogP contribution in [-0.4, -0.2) is 68.7 Å². The number of halogens is 3. The van der Waals surface area contributed by atoms with Crippen LogP contribution in [-0.2, 0) is 11.3 Å². The predicted octanol–water partition coefficient (Wildman–Crippen LogP) is 5.37. The highest BCUT2D eigenvalue weighted by Crippen LogP contribution is 2.32. The molecule has 5 heterocycles. The predicted molar refractivity (Wildman–Crippen MR) is 172 cm³/mol. The largest absolute Gasteiger partial charge is 0.444 e. The summed E-state index contributed by atoms with van der Waals surface area (Å²) < 4.78 is 50.0. The van der Waals surface area contributed by atoms with E-state index in [4.69, 9.17) is 4.42 Å². The summed E-state index contributed by atoms with van der Waals surface area (Å²) in [5.41, 5.74) is 0.695. The molecule has 49 heavy (non-hydrogen) atoms. The number of anilines is 3. The smallest absolute Gasteiger partial charge is 0.328 e. The number of imide groups is 1. The zero-order valence-electron chi connectivity index (χ0n) is 26.4. The number of alkyl halides is 2. The summed E-state index contributed by atoms with van der Waals surface area (Å²) in [6, 6.07) is 7.24. The summed E-state index contributed by atoms with van der Waals surface area (Å²) in [5, 5.41) is 12.1. The van der Waals surface area contributed by atoms with Crippen LogP contribution in [0, 0.1) is 11.7 Å². The van der Waals surface area contributed by atoms with E-state index < -0.39 is 29.9 Å². The molecule has 1 saturated carbocycles. The molecule has 3 fully saturated rings. The molecule has 0 bridgehead atoms. The van der Waals surface area contributed by atoms with Crippen LogP contribution in [0.4, 0.5) is 35.2 Å². The van der Waals surface area contributed by atoms with Gasteiger partial charge in [0.15, 0.2) is 11.4 Å². The molecule has 2 aliphatic heterocycles. The lowest BCUT2D eigenvalue weighted by Crippen LogP contribution is -2.49. The number of pyridine rings is 1. The van der Waals surface area contributed by atoms with E-state index in [-0.39, 0.29) is 42.2 Å². The first-order valence-electron chi connectivity index (χ1n) is 16.2. The van der Waals surface area contributed by atoms with Gasteiger partial charge in [-0.15, -0.1) is 0 Å². The van der Waals surface area contributed by atoms with E-state index in [0.29, 0.717) is 61.0 Å². The van der Waals surface area contributed by atoms with E-state index in [9.17, 15) is 23.2 Å². The Morgan fingerprint density at radius 1 is 1.08 bits per heavy atom. The minimum Gasteiger partial charge on any atom is -0.444 e. The number of hydrogen-bond acceptors (Lipinski definition) is 9. The van der Waals surface area contributed by atoms with E-state index in [1.165, 1.54) is 40.9 Å². The Balaban J connectivity index is 0.958. The minimum absolute atomic E-state index is 0.0739. The summed E-state index contributed by atoms with van der Waals surface area (Å²) in [5.74, 6) is -0.0245. The molecule has 4 aromatic rings. The van der Waals surface area contributed by atoms with Crippen molar-refractivity contribution in [1.29, 1.82) is 0 Å². The minimum atomic E-state index is -2.93. The maximum absolute atomic E-state index is 15.0. The molecule has 1 aliphatic carbocycles. The van der Waals surface area contributed by atoms with Crippen molar-refractivity contribution in [1.82, 2.24) is 30.0 Å². The second-order valence-electron chi connectivity index (χ2n) is 12.5. The van der Waals surface area contributed by atoms with Crippen LogP contribution >= 0.6 is 0 Å². The van der Waals surface area contributed by atoms with Crippen molar-refractivity contribution in [3.8, 4) is 11.5 Å². The van der Waals surface area contributed by atoms with Crippen LogP contribution in [0.15, 0.2) is 53.4 Å². The monoisotopic (exact) mass is 677 g/mol. The van der Waals surface area contributed by atoms with Gasteiger partial charge in [0.1, 0.15) is 17.9 Å². The van der Waals surface area contributed by atoms with E-state index in [0.717, 1.165) is 6.54 Å². The van der Waals surface area contributed by atoms with E-state index in [1.807, 2.05) is 0 Å². The van der Waals surface area contributed by atoms with Crippen molar-refractivity contribution in [2.24, 2.45) is 5.92 Å². The summed E-state index contributed by atoms with van der Waals surface area (Å²) in [7, 11) is 0. The molecule has 13 nitrogen and oxygen atoms in total. The molecule has 3 N–H and O–H groups in total. The third kappa shape index (κ3) is 7.43. The number of hydrogen-bond donors (Lipinski definition) is 3. The van der Waals surface area contributed by atoms with Crippen LogP contribution in [0.3, 0.4) is 0 Å². The average Bonchev–Trinajstić information content (AvgIpc) is 3.60. The highest BCUT2D eigenvalue weighted by atomic mass is 19.3. The lowest BCUT2D eigenvalue weighted by atomic mass is 10.0. The highest BCUT2D eigenvalue weighted by molar-refractivity contribution is 6.05. The number of carbonyl (C=O) groups is 3. The number of nitrogens with zero attached hydrogens (tertiary/aromatic N) is 6. The van der Waals surface area contributed by atoms with E-state index in [2.05, 4.69) is 35.9 Å². The van der Waals surface area contributed by atoms with Gasteiger partial charge >= 0.3 is 6.03 Å². The van der Waals surface area contributed by atoms with Crippen LogP contribution in [0.5, 0.6) is 0 Å². The van der Waals surface area contributed by atoms with Gasteiger partial charge < -0.3 is 15.1 Å². The Morgan fingerprint density at radius 2 is 1.90 bits per heavy atom. The average molecular weight is 678 g/mol. The van der Waals surface area contributed by atoms with Gasteiger partial charge in [-0.3, -0.25) is 29.4 Å². The molecule has 3 aliphatic rings. The summed E-state index contributed by atoms with van der Waals surface area (Å²) >= 11 is 0. The second kappa shape index (κ2) is 13.7. The van der Waals surface area contributed by atoms with Crippen molar-refractivity contribution in [2.75, 3.05) is 41.7 Å². The first kappa shape index (κ1) is 32.3. The normalized spacial score (nSPS) is 17.4. The van der Waals surface area contributed by atoms with Gasteiger partial charge in [-0.2, -0.15) is 5.10 Å². The van der Waals surface area contributed by atoms with E-state index in [1.54, 1.807) is 30.5 Å². The molecule has 0 spiro atoms. The fourth-order valence-electron chi connectivity index (χ4n) is 6.00. The third-order valence-corrected chi connectivity index (χ3v) is 8.96. The molecule has 16 heteroatoms. The van der Waals surface area contributed by atoms with Gasteiger partial charge in [0.25, 0.3) is 12.3 Å². The maximum atomic E-state index is 15.0. The number of carbonyl (C=O) groups excluding carboxylic acids is 3. The number of aromatic nitrogens is 4. The Bertz CT molecular complexity index is 1870. The lowest BCUT2D eigenvalue weighted by Gasteiger charge is -2.32. The SMILES string of the molecule is O=C1CCN(c2ccc(CN3CCC(n4cc(NC(=O)c5coc(-c6ccnc(NCC7CC7)c6)n5)c(C(F)F)n4)CC3)c(F)c2)C(=O)N1. The summed E-state index contributed by atoms with van der Waals surface area (Å²) in [4.78, 5) is 48.5. The quantitative estimate of drug-likeness (QED) is 0.191. The van der Waals surface area contributed by atoms with Crippen molar-refractivity contribution < 1.29 is 32.0 Å². The number of rotatable bonds is 11. The molecule has 7 rings (SSSR count). The number of oxazole rings is 1. The van der Waals surface area contributed by atoms with Crippen molar-refractivity contribution in [3.05, 3.63) is 71.8 Å². The lowest BCUT2D eigenvalue weighted by molar-refractivity contribution is -0.120. The zero-order chi connectivity index (χ0) is 34.1. The van der Waals surface area contributed by atoms with Crippen molar-refractivity contribution in [3.63, 3.8) is 0 Å². The Kier molecular flexibility index (Phi) is 9.03. The van der Waals surface area contributed by atoms with Gasteiger partial charge in [0.05, 0.1) is 11.7 Å². The van der Waals surface area contributed by atoms with Gasteiger partial charge in [-0.05, 0) is 55.9 Å². The Hall–Kier alpha value is -5.25. The van der Waals surface area contributed by atoms with Gasteiger partial charge in [-0.1, -0.05) is 6.07 Å². The molecular formula is C33H34F3N9O4. The Labute approximate surface area is 278 Å². The molecule has 256 valence electrons. The molecule has 0 atom stereocenters. The van der Waals surface area contributed by atoms with E-state index >= 15 is 4.39 Å². The first-order chi connectivity index (χ1) is 23.7. The topological polar surface area (TPSA) is 151 Å². The fourth-order valence-corrected chi connectivity index (χ4v) is 6.00. The van der Waals surface area contributed by atoms with Crippen LogP contribution in [0.25, 0.3) is 11.5 Å². The summed E-state index contributed by atoms with van der Waals surface area (Å²) in [6.07, 6.45) is 4.94. The number of piperidine rings is 1. The van der Waals surface area contributed by atoms with Gasteiger partial charge in [-0.25, -0.2) is 27.9 Å². The number of benzene rings is 1. The van der Waals surface area contributed by atoms with Crippen molar-refractivity contribution in [2.45, 2.75) is 51.1 Å². The summed E-state index contributed by atoms with van der Waals surface area (Å²) in [6.45, 7) is 2.45. The molecule has 2 saturated heterocycles. The number of amides is 4. The van der Waals surface area contributed by atoms with Crippen LogP contribution < -0.4 is 20.9 Å². The van der Waals surface area contributed by atoms with Crippen LogP contribution in [0.2, 0.25) is 0 Å². The van der Waals surface area contributed by atoms with Crippen LogP contribution in [0.1, 0.15) is 66.3 Å². The molecule has 4 amide bonds. The van der Waals surface area contributed by atoms with Gasteiger partial charge in [0, 0.05) is 68.4 Å². The fraction of sp³-hybridized carbons (Fsp3) is 0.394. The molecule has 3 aromatic heterocycles. The standard InChI is InChI=1S/C33H34F3N9O4/c34-24-14-23(44-12-8-28(46)41-33(44)48)4-3-21(24)16-43-10-6-22(7-11-43)45-17-25(29(42-45)30(35)36)39-31(47)26-18-49-32(40-26)20-5-9-37-27(13-20)38-15-19-1-2-19/h3-5,9,13-14,17-19,22,30H,1-2,6-8,10-12,15-16H2,(H,37,38)(H,39,47)(H,41,46,48). The van der Waals surface area contributed by atoms with Gasteiger partial charge in [0.2, 0.25) is 11.8 Å². The highest BCUT2D eigenvalue weighted by Gasteiger charge is 2.28. The molecular weight excluding hydrogens is 643 g/mol. The molecule has 1 aromatic carbocycles. The first-order valence-corrected chi connectivity index (χ1v) is 16.2. The van der Waals surface area contributed by atoms with Crippen molar-refractivity contribution >= 4 is 35.0 Å². The third-order valence-electron chi connectivity index (χ3n) is 8.96. The second-order valence-corrected chi connectivity index (χ2v) is 12.5. The Morgan fingerprint density at radius 3 is 2.63 bits per heavy atom. The number of urea groups is 1. The zero-order valence-corrected chi connectivity index (χ0v) is 26.4. The molecule has 0 radical (unpaired) electrons. The maximum Gasteiger partial charge on any atom is 0.328 e. The number of likely N-dealkylation sites (tertiary alicyclic amines) is 1. The molecule has 0 unspecified atom stereocenters.